The van der Waals surface area contributed by atoms with E-state index in [1.807, 2.05) is 0 Å². The van der Waals surface area contributed by atoms with Crippen LogP contribution in [0.1, 0.15) is 30.8 Å². The number of aromatic nitrogens is 1. The molecule has 7 nitrogen and oxygen atoms in total. The van der Waals surface area contributed by atoms with Crippen LogP contribution in [-0.4, -0.2) is 37.1 Å². The predicted molar refractivity (Wildman–Crippen MR) is 74.4 cm³/mol. The number of carbonyl (C=O) groups is 1. The fourth-order valence-electron chi connectivity index (χ4n) is 1.61. The average molecular weight is 300 g/mol. The summed E-state index contributed by atoms with van der Waals surface area (Å²) in [5, 5.41) is 30.3. The molecule has 2 N–H and O–H groups in total. The maximum absolute atomic E-state index is 10.8. The number of rotatable bonds is 6. The first-order chi connectivity index (χ1) is 9.32. The maximum Gasteiger partial charge on any atom is 0.290 e. The van der Waals surface area contributed by atoms with Gasteiger partial charge in [-0.05, 0) is 19.4 Å². The second-order valence-corrected chi connectivity index (χ2v) is 5.51. The number of pyridine rings is 1. The van der Waals surface area contributed by atoms with Crippen molar-refractivity contribution >= 4 is 22.6 Å². The van der Waals surface area contributed by atoms with E-state index in [-0.39, 0.29) is 28.6 Å². The summed E-state index contributed by atoms with van der Waals surface area (Å²) < 4.78 is 0. The molecule has 0 aliphatic rings. The molecule has 0 saturated heterocycles. The molecule has 1 rings (SSSR count). The zero-order chi connectivity index (χ0) is 15.3. The third kappa shape index (κ3) is 4.55. The van der Waals surface area contributed by atoms with Gasteiger partial charge >= 0.3 is 0 Å². The van der Waals surface area contributed by atoms with Crippen molar-refractivity contribution in [2.45, 2.75) is 32.5 Å². The smallest absolute Gasteiger partial charge is 0.290 e. The topological polar surface area (TPSA) is 114 Å². The number of aryl methyl sites for hydroxylation is 1. The van der Waals surface area contributed by atoms with Crippen molar-refractivity contribution in [3.8, 4) is 0 Å². The molecule has 0 radical (unpaired) electrons. The molecule has 0 aromatic carbocycles. The van der Waals surface area contributed by atoms with Gasteiger partial charge in [0.1, 0.15) is 11.8 Å². The van der Waals surface area contributed by atoms with Crippen molar-refractivity contribution in [1.82, 2.24) is 4.98 Å². The molecule has 0 aliphatic heterocycles. The first kappa shape index (κ1) is 16.5. The molecule has 0 saturated carbocycles. The Morgan fingerprint density at radius 1 is 1.50 bits per heavy atom. The van der Waals surface area contributed by atoms with E-state index in [0.29, 0.717) is 5.75 Å². The van der Waals surface area contributed by atoms with E-state index in [1.54, 1.807) is 0 Å². The molecule has 1 aromatic heterocycles. The van der Waals surface area contributed by atoms with Crippen LogP contribution in [0.15, 0.2) is 12.1 Å². The number of hydrogen-bond acceptors (Lipinski definition) is 7. The molecule has 8 heteroatoms. The lowest BCUT2D eigenvalue weighted by Crippen LogP contribution is -2.20. The van der Waals surface area contributed by atoms with Crippen LogP contribution < -0.4 is 0 Å². The standard InChI is InChI=1S/C12H16N2O5S/c1-7-10(14(18)19)4-3-9(13-7)12(17)11(16)5-6-20-8(2)15/h3-4,11-12,16-17H,5-6H2,1-2H3. The maximum atomic E-state index is 10.8. The van der Waals surface area contributed by atoms with Crippen LogP contribution in [0.25, 0.3) is 0 Å². The molecule has 110 valence electrons. The number of nitrogens with zero attached hydrogens (tertiary/aromatic N) is 2. The molecule has 0 aliphatic carbocycles. The third-order valence-corrected chi connectivity index (χ3v) is 3.51. The summed E-state index contributed by atoms with van der Waals surface area (Å²) in [6.07, 6.45) is -2.08. The van der Waals surface area contributed by atoms with Gasteiger partial charge in [0.25, 0.3) is 5.69 Å². The molecular weight excluding hydrogens is 284 g/mol. The Kier molecular flexibility index (Phi) is 6.05. The van der Waals surface area contributed by atoms with Crippen molar-refractivity contribution in [1.29, 1.82) is 0 Å². The highest BCUT2D eigenvalue weighted by Crippen LogP contribution is 2.23. The zero-order valence-corrected chi connectivity index (χ0v) is 12.0. The minimum Gasteiger partial charge on any atom is -0.390 e. The molecule has 0 fully saturated rings. The van der Waals surface area contributed by atoms with Gasteiger partial charge in [-0.2, -0.15) is 0 Å². The van der Waals surface area contributed by atoms with E-state index in [2.05, 4.69) is 4.98 Å². The molecule has 0 bridgehead atoms. The van der Waals surface area contributed by atoms with Crippen molar-refractivity contribution < 1.29 is 19.9 Å². The molecular formula is C12H16N2O5S. The van der Waals surface area contributed by atoms with Crippen LogP contribution in [0.2, 0.25) is 0 Å². The Bertz CT molecular complexity index is 509. The molecule has 0 amide bonds. The highest BCUT2D eigenvalue weighted by atomic mass is 32.2. The summed E-state index contributed by atoms with van der Waals surface area (Å²) in [5.74, 6) is 0.388. The van der Waals surface area contributed by atoms with E-state index >= 15 is 0 Å². The fourth-order valence-corrected chi connectivity index (χ4v) is 2.26. The zero-order valence-electron chi connectivity index (χ0n) is 11.1. The van der Waals surface area contributed by atoms with Crippen LogP contribution >= 0.6 is 11.8 Å². The Hall–Kier alpha value is -1.51. The lowest BCUT2D eigenvalue weighted by Gasteiger charge is -2.17. The second-order valence-electron chi connectivity index (χ2n) is 4.24. The van der Waals surface area contributed by atoms with Gasteiger partial charge < -0.3 is 10.2 Å². The van der Waals surface area contributed by atoms with Gasteiger partial charge in [0, 0.05) is 18.7 Å². The van der Waals surface area contributed by atoms with Crippen molar-refractivity contribution in [3.63, 3.8) is 0 Å². The van der Waals surface area contributed by atoms with Gasteiger partial charge in [-0.25, -0.2) is 4.98 Å². The molecule has 20 heavy (non-hydrogen) atoms. The number of thioether (sulfide) groups is 1. The van der Waals surface area contributed by atoms with Crippen LogP contribution in [0.5, 0.6) is 0 Å². The summed E-state index contributed by atoms with van der Waals surface area (Å²) in [4.78, 5) is 24.8. The van der Waals surface area contributed by atoms with Gasteiger partial charge in [-0.3, -0.25) is 14.9 Å². The molecule has 2 unspecified atom stereocenters. The molecule has 0 spiro atoms. The van der Waals surface area contributed by atoms with Gasteiger partial charge in [0.15, 0.2) is 5.12 Å². The Morgan fingerprint density at radius 2 is 2.15 bits per heavy atom. The summed E-state index contributed by atoms with van der Waals surface area (Å²) in [6, 6.07) is 2.56. The number of hydrogen-bond donors (Lipinski definition) is 2. The van der Waals surface area contributed by atoms with Crippen molar-refractivity contribution in [2.75, 3.05) is 5.75 Å². The Balaban J connectivity index is 2.71. The van der Waals surface area contributed by atoms with Crippen LogP contribution in [0.3, 0.4) is 0 Å². The van der Waals surface area contributed by atoms with Gasteiger partial charge in [-0.15, -0.1) is 0 Å². The SMILES string of the molecule is CC(=O)SCCC(O)C(O)c1ccc([N+](=O)[O-])c(C)n1. The van der Waals surface area contributed by atoms with E-state index in [4.69, 9.17) is 0 Å². The van der Waals surface area contributed by atoms with E-state index in [9.17, 15) is 25.1 Å². The molecule has 2 atom stereocenters. The van der Waals surface area contributed by atoms with E-state index < -0.39 is 17.1 Å². The van der Waals surface area contributed by atoms with Gasteiger partial charge in [0.2, 0.25) is 0 Å². The van der Waals surface area contributed by atoms with E-state index in [1.165, 1.54) is 26.0 Å². The first-order valence-electron chi connectivity index (χ1n) is 5.94. The van der Waals surface area contributed by atoms with E-state index in [0.717, 1.165) is 11.8 Å². The molecule has 1 aromatic rings. The number of nitro groups is 1. The third-order valence-electron chi connectivity index (χ3n) is 2.66. The monoisotopic (exact) mass is 300 g/mol. The predicted octanol–water partition coefficient (Wildman–Crippen LogP) is 1.36. The van der Waals surface area contributed by atoms with Crippen molar-refractivity contribution in [2.24, 2.45) is 0 Å². The Morgan fingerprint density at radius 3 is 2.65 bits per heavy atom. The fraction of sp³-hybridized carbons (Fsp3) is 0.500. The highest BCUT2D eigenvalue weighted by Gasteiger charge is 2.22. The summed E-state index contributed by atoms with van der Waals surface area (Å²) in [6.45, 7) is 2.89. The van der Waals surface area contributed by atoms with Gasteiger partial charge in [0.05, 0.1) is 16.7 Å². The highest BCUT2D eigenvalue weighted by molar-refractivity contribution is 8.13. The lowest BCUT2D eigenvalue weighted by molar-refractivity contribution is -0.385. The summed E-state index contributed by atoms with van der Waals surface area (Å²) in [7, 11) is 0. The van der Waals surface area contributed by atoms with Crippen LogP contribution in [0.4, 0.5) is 5.69 Å². The minimum atomic E-state index is -1.23. The largest absolute Gasteiger partial charge is 0.390 e. The van der Waals surface area contributed by atoms with Crippen LogP contribution in [-0.2, 0) is 4.79 Å². The normalized spacial score (nSPS) is 13.8. The van der Waals surface area contributed by atoms with Crippen molar-refractivity contribution in [3.05, 3.63) is 33.6 Å². The Labute approximate surface area is 120 Å². The van der Waals surface area contributed by atoms with Gasteiger partial charge in [-0.1, -0.05) is 11.8 Å². The number of aliphatic hydroxyl groups is 2. The minimum absolute atomic E-state index is 0.0593. The van der Waals surface area contributed by atoms with Crippen LogP contribution in [0, 0.1) is 17.0 Å². The first-order valence-corrected chi connectivity index (χ1v) is 6.93. The lowest BCUT2D eigenvalue weighted by atomic mass is 10.1. The second kappa shape index (κ2) is 7.32. The summed E-state index contributed by atoms with van der Waals surface area (Å²) in [5.41, 5.74) is 0.216. The summed E-state index contributed by atoms with van der Waals surface area (Å²) >= 11 is 1.06. The quantitative estimate of drug-likeness (QED) is 0.602. The molecule has 1 heterocycles. The number of carbonyl (C=O) groups excluding carboxylic acids is 1. The average Bonchev–Trinajstić information content (AvgIpc) is 2.36. The number of aliphatic hydroxyl groups excluding tert-OH is 2.